The number of hydrogen-bond acceptors (Lipinski definition) is 3. The molecule has 1 heterocycles. The first-order valence-electron chi connectivity index (χ1n) is 4.57. The van der Waals surface area contributed by atoms with Crippen LogP contribution in [0.4, 0.5) is 0 Å². The lowest BCUT2D eigenvalue weighted by Gasteiger charge is -2.24. The fourth-order valence-corrected chi connectivity index (χ4v) is 1.24. The zero-order chi connectivity index (χ0) is 9.68. The van der Waals surface area contributed by atoms with Gasteiger partial charge in [-0.15, -0.1) is 0 Å². The van der Waals surface area contributed by atoms with E-state index in [1.54, 1.807) is 6.20 Å². The van der Waals surface area contributed by atoms with Gasteiger partial charge in [0.05, 0.1) is 6.61 Å². The molecule has 0 aromatic carbocycles. The van der Waals surface area contributed by atoms with Gasteiger partial charge in [-0.25, -0.2) is 0 Å². The second-order valence-electron chi connectivity index (χ2n) is 3.37. The molecule has 0 aliphatic carbocycles. The molecule has 4 heteroatoms. The number of aliphatic hydroxyl groups excluding tert-OH is 1. The molecule has 0 aliphatic heterocycles. The van der Waals surface area contributed by atoms with Gasteiger partial charge in [-0.1, -0.05) is 0 Å². The highest BCUT2D eigenvalue weighted by Gasteiger charge is 2.09. The Bertz CT molecular complexity index is 221. The summed E-state index contributed by atoms with van der Waals surface area (Å²) in [4.78, 5) is 2.19. The summed E-state index contributed by atoms with van der Waals surface area (Å²) in [7, 11) is 0. The predicted octanol–water partition coefficient (Wildman–Crippen LogP) is 0.612. The molecule has 0 radical (unpaired) electrons. The molecule has 0 amide bonds. The van der Waals surface area contributed by atoms with Crippen LogP contribution < -0.4 is 0 Å². The van der Waals surface area contributed by atoms with E-state index >= 15 is 0 Å². The number of H-pyrrole nitrogens is 1. The molecular weight excluding hydrogens is 166 g/mol. The summed E-state index contributed by atoms with van der Waals surface area (Å²) >= 11 is 0. The van der Waals surface area contributed by atoms with Crippen molar-refractivity contribution in [3.8, 4) is 0 Å². The Labute approximate surface area is 78.6 Å². The van der Waals surface area contributed by atoms with Gasteiger partial charge in [-0.3, -0.25) is 10.00 Å². The van der Waals surface area contributed by atoms with Gasteiger partial charge in [0.2, 0.25) is 0 Å². The largest absolute Gasteiger partial charge is 0.395 e. The highest BCUT2D eigenvalue weighted by molar-refractivity contribution is 4.97. The van der Waals surface area contributed by atoms with E-state index in [4.69, 9.17) is 5.11 Å². The third kappa shape index (κ3) is 3.16. The van der Waals surface area contributed by atoms with Gasteiger partial charge in [0.25, 0.3) is 0 Å². The van der Waals surface area contributed by atoms with Crippen molar-refractivity contribution >= 4 is 0 Å². The summed E-state index contributed by atoms with van der Waals surface area (Å²) in [5.41, 5.74) is 1.09. The van der Waals surface area contributed by atoms with E-state index in [1.165, 1.54) is 0 Å². The maximum absolute atomic E-state index is 8.85. The molecule has 0 bridgehead atoms. The number of nitrogens with one attached hydrogen (secondary N) is 1. The Morgan fingerprint density at radius 3 is 2.85 bits per heavy atom. The summed E-state index contributed by atoms with van der Waals surface area (Å²) in [6.07, 6.45) is 1.74. The molecule has 74 valence electrons. The number of rotatable bonds is 5. The van der Waals surface area contributed by atoms with Crippen molar-refractivity contribution < 1.29 is 5.11 Å². The summed E-state index contributed by atoms with van der Waals surface area (Å²) in [6, 6.07) is 2.39. The SMILES string of the molecule is CC(C)N(CCO)Cc1ccn[nH]1. The molecular formula is C9H17N3O. The summed E-state index contributed by atoms with van der Waals surface area (Å²) in [6.45, 7) is 5.96. The first kappa shape index (κ1) is 10.2. The number of aromatic amines is 1. The highest BCUT2D eigenvalue weighted by atomic mass is 16.3. The van der Waals surface area contributed by atoms with Crippen LogP contribution in [0.2, 0.25) is 0 Å². The van der Waals surface area contributed by atoms with Gasteiger partial charge >= 0.3 is 0 Å². The minimum atomic E-state index is 0.201. The normalized spacial score (nSPS) is 11.5. The van der Waals surface area contributed by atoms with Gasteiger partial charge in [-0.2, -0.15) is 5.10 Å². The lowest BCUT2D eigenvalue weighted by atomic mass is 10.3. The fourth-order valence-electron chi connectivity index (χ4n) is 1.24. The van der Waals surface area contributed by atoms with E-state index in [9.17, 15) is 0 Å². The summed E-state index contributed by atoms with van der Waals surface area (Å²) in [5, 5.41) is 15.6. The third-order valence-corrected chi connectivity index (χ3v) is 2.05. The smallest absolute Gasteiger partial charge is 0.0558 e. The topological polar surface area (TPSA) is 52.1 Å². The molecule has 0 saturated carbocycles. The van der Waals surface area contributed by atoms with Crippen LogP contribution in [-0.2, 0) is 6.54 Å². The van der Waals surface area contributed by atoms with Crippen LogP contribution >= 0.6 is 0 Å². The molecule has 1 rings (SSSR count). The Hall–Kier alpha value is -0.870. The molecule has 2 N–H and O–H groups in total. The molecule has 13 heavy (non-hydrogen) atoms. The maximum atomic E-state index is 8.85. The Kier molecular flexibility index (Phi) is 3.92. The van der Waals surface area contributed by atoms with E-state index in [2.05, 4.69) is 28.9 Å². The Morgan fingerprint density at radius 2 is 2.38 bits per heavy atom. The molecule has 1 aromatic rings. The average molecular weight is 183 g/mol. The lowest BCUT2D eigenvalue weighted by Crippen LogP contribution is -2.33. The van der Waals surface area contributed by atoms with Crippen molar-refractivity contribution in [2.75, 3.05) is 13.2 Å². The van der Waals surface area contributed by atoms with E-state index in [0.29, 0.717) is 12.6 Å². The fraction of sp³-hybridized carbons (Fsp3) is 0.667. The molecule has 0 saturated heterocycles. The molecule has 4 nitrogen and oxygen atoms in total. The van der Waals surface area contributed by atoms with Crippen LogP contribution in [0.1, 0.15) is 19.5 Å². The zero-order valence-electron chi connectivity index (χ0n) is 8.20. The van der Waals surface area contributed by atoms with Crippen LogP contribution in [0.3, 0.4) is 0 Å². The van der Waals surface area contributed by atoms with Crippen molar-refractivity contribution in [1.82, 2.24) is 15.1 Å². The average Bonchev–Trinajstić information content (AvgIpc) is 2.56. The summed E-state index contributed by atoms with van der Waals surface area (Å²) in [5.74, 6) is 0. The van der Waals surface area contributed by atoms with Gasteiger partial charge < -0.3 is 5.11 Å². The van der Waals surface area contributed by atoms with Crippen LogP contribution in [0, 0.1) is 0 Å². The van der Waals surface area contributed by atoms with Gasteiger partial charge in [-0.05, 0) is 19.9 Å². The van der Waals surface area contributed by atoms with Crippen LogP contribution in [-0.4, -0.2) is 39.4 Å². The number of aliphatic hydroxyl groups is 1. The van der Waals surface area contributed by atoms with Crippen molar-refractivity contribution in [2.45, 2.75) is 26.4 Å². The number of hydrogen-bond donors (Lipinski definition) is 2. The first-order valence-corrected chi connectivity index (χ1v) is 4.57. The van der Waals surface area contributed by atoms with E-state index in [0.717, 1.165) is 12.2 Å². The Balaban J connectivity index is 2.47. The molecule has 0 atom stereocenters. The van der Waals surface area contributed by atoms with Crippen molar-refractivity contribution in [3.63, 3.8) is 0 Å². The number of nitrogens with zero attached hydrogens (tertiary/aromatic N) is 2. The van der Waals surface area contributed by atoms with Crippen molar-refractivity contribution in [3.05, 3.63) is 18.0 Å². The minimum Gasteiger partial charge on any atom is -0.395 e. The number of aromatic nitrogens is 2. The second-order valence-corrected chi connectivity index (χ2v) is 3.37. The lowest BCUT2D eigenvalue weighted by molar-refractivity contribution is 0.158. The van der Waals surface area contributed by atoms with E-state index in [-0.39, 0.29) is 6.61 Å². The van der Waals surface area contributed by atoms with Gasteiger partial charge in [0.15, 0.2) is 0 Å². The molecule has 0 fully saturated rings. The highest BCUT2D eigenvalue weighted by Crippen LogP contribution is 2.04. The quantitative estimate of drug-likeness (QED) is 0.703. The Morgan fingerprint density at radius 1 is 1.62 bits per heavy atom. The van der Waals surface area contributed by atoms with Gasteiger partial charge in [0.1, 0.15) is 0 Å². The molecule has 1 aromatic heterocycles. The molecule has 0 aliphatic rings. The second kappa shape index (κ2) is 4.99. The standard InChI is InChI=1S/C9H17N3O/c1-8(2)12(5-6-13)7-9-3-4-10-11-9/h3-4,8,13H,5-7H2,1-2H3,(H,10,11). The first-order chi connectivity index (χ1) is 6.24. The van der Waals surface area contributed by atoms with Crippen LogP contribution in [0.25, 0.3) is 0 Å². The minimum absolute atomic E-state index is 0.201. The third-order valence-electron chi connectivity index (χ3n) is 2.05. The van der Waals surface area contributed by atoms with E-state index < -0.39 is 0 Å². The van der Waals surface area contributed by atoms with Crippen molar-refractivity contribution in [1.29, 1.82) is 0 Å². The van der Waals surface area contributed by atoms with Crippen molar-refractivity contribution in [2.24, 2.45) is 0 Å². The zero-order valence-corrected chi connectivity index (χ0v) is 8.20. The van der Waals surface area contributed by atoms with Gasteiger partial charge in [0, 0.05) is 31.0 Å². The predicted molar refractivity (Wildman–Crippen MR) is 51.2 cm³/mol. The van der Waals surface area contributed by atoms with Crippen LogP contribution in [0.5, 0.6) is 0 Å². The van der Waals surface area contributed by atoms with Crippen LogP contribution in [0.15, 0.2) is 12.3 Å². The summed E-state index contributed by atoms with van der Waals surface area (Å²) < 4.78 is 0. The maximum Gasteiger partial charge on any atom is 0.0558 e. The monoisotopic (exact) mass is 183 g/mol. The van der Waals surface area contributed by atoms with E-state index in [1.807, 2.05) is 6.07 Å². The molecule has 0 unspecified atom stereocenters. The molecule has 0 spiro atoms.